The molecule has 1 atom stereocenters. The van der Waals surface area contributed by atoms with E-state index in [9.17, 15) is 19.2 Å². The van der Waals surface area contributed by atoms with E-state index in [1.807, 2.05) is 27.7 Å². The van der Waals surface area contributed by atoms with Gasteiger partial charge in [-0.2, -0.15) is 0 Å². The highest BCUT2D eigenvalue weighted by atomic mass is 16.5. The van der Waals surface area contributed by atoms with Crippen molar-refractivity contribution in [2.75, 3.05) is 6.54 Å². The molecule has 8 heteroatoms. The largest absolute Gasteiger partial charge is 0.451 e. The Bertz CT molecular complexity index is 534. The van der Waals surface area contributed by atoms with E-state index < -0.39 is 36.1 Å². The van der Waals surface area contributed by atoms with Gasteiger partial charge in [-0.15, -0.1) is 0 Å². The summed E-state index contributed by atoms with van der Waals surface area (Å²) in [5, 5.41) is 2.48. The van der Waals surface area contributed by atoms with Crippen molar-refractivity contribution in [3.63, 3.8) is 0 Å². The number of hydrogen-bond acceptors (Lipinski definition) is 5. The van der Waals surface area contributed by atoms with Crippen molar-refractivity contribution >= 4 is 23.8 Å². The summed E-state index contributed by atoms with van der Waals surface area (Å²) < 4.78 is 5.12. The second-order valence-electron chi connectivity index (χ2n) is 7.01. The van der Waals surface area contributed by atoms with Crippen LogP contribution in [0.2, 0.25) is 0 Å². The first kappa shape index (κ1) is 19.9. The molecule has 1 N–H and O–H groups in total. The minimum atomic E-state index is -1.05. The maximum Gasteiger partial charge on any atom is 0.327 e. The number of urea groups is 1. The second-order valence-corrected chi connectivity index (χ2v) is 7.01. The number of ether oxygens (including phenoxy) is 1. The highest BCUT2D eigenvalue weighted by Crippen LogP contribution is 2.16. The lowest BCUT2D eigenvalue weighted by Gasteiger charge is -2.32. The summed E-state index contributed by atoms with van der Waals surface area (Å²) in [6.07, 6.45) is -0.990. The van der Waals surface area contributed by atoms with Crippen molar-refractivity contribution < 1.29 is 23.9 Å². The van der Waals surface area contributed by atoms with Gasteiger partial charge in [-0.3, -0.25) is 19.3 Å². The van der Waals surface area contributed by atoms with Crippen LogP contribution in [-0.2, 0) is 19.1 Å². The summed E-state index contributed by atoms with van der Waals surface area (Å²) >= 11 is 0. The molecule has 1 unspecified atom stereocenters. The molecule has 1 rings (SSSR count). The average molecular weight is 341 g/mol. The smallest absolute Gasteiger partial charge is 0.327 e. The van der Waals surface area contributed by atoms with Gasteiger partial charge in [0.25, 0.3) is 11.8 Å². The van der Waals surface area contributed by atoms with Crippen molar-refractivity contribution in [1.82, 2.24) is 15.1 Å². The number of esters is 1. The van der Waals surface area contributed by atoms with Gasteiger partial charge in [-0.25, -0.2) is 4.79 Å². The number of nitrogens with zero attached hydrogens (tertiary/aromatic N) is 2. The molecule has 8 nitrogen and oxygen atoms in total. The van der Waals surface area contributed by atoms with Gasteiger partial charge < -0.3 is 15.0 Å². The fourth-order valence-electron chi connectivity index (χ4n) is 2.69. The van der Waals surface area contributed by atoms with E-state index in [4.69, 9.17) is 4.74 Å². The number of amides is 4. The lowest BCUT2D eigenvalue weighted by Crippen LogP contribution is -2.48. The van der Waals surface area contributed by atoms with E-state index in [1.165, 1.54) is 6.92 Å². The second kappa shape index (κ2) is 7.19. The molecule has 0 aromatic carbocycles. The summed E-state index contributed by atoms with van der Waals surface area (Å²) in [5.74, 6) is -1.62. The van der Waals surface area contributed by atoms with Gasteiger partial charge >= 0.3 is 12.0 Å². The summed E-state index contributed by atoms with van der Waals surface area (Å²) in [4.78, 5) is 50.6. The molecule has 1 fully saturated rings. The number of nitrogens with one attached hydrogen (secondary N) is 1. The van der Waals surface area contributed by atoms with Gasteiger partial charge in [-0.05, 0) is 48.5 Å². The molecule has 0 radical (unpaired) electrons. The molecule has 0 aromatic heterocycles. The third-order valence-electron chi connectivity index (χ3n) is 3.75. The molecule has 24 heavy (non-hydrogen) atoms. The van der Waals surface area contributed by atoms with Crippen molar-refractivity contribution in [3.8, 4) is 0 Å². The van der Waals surface area contributed by atoms with Crippen LogP contribution in [-0.4, -0.2) is 63.9 Å². The summed E-state index contributed by atoms with van der Waals surface area (Å²) in [5.41, 5.74) is -1.05. The molecular weight excluding hydrogens is 314 g/mol. The van der Waals surface area contributed by atoms with Gasteiger partial charge in [-0.1, -0.05) is 0 Å². The monoisotopic (exact) mass is 341 g/mol. The molecule has 4 amide bonds. The number of rotatable bonds is 6. The Labute approximate surface area is 142 Å². The van der Waals surface area contributed by atoms with E-state index in [-0.39, 0.29) is 18.0 Å². The first-order valence-corrected chi connectivity index (χ1v) is 8.04. The molecule has 0 aromatic rings. The topological polar surface area (TPSA) is 96.0 Å². The maximum atomic E-state index is 12.4. The molecule has 136 valence electrons. The Balaban J connectivity index is 2.69. The summed E-state index contributed by atoms with van der Waals surface area (Å²) in [7, 11) is 0. The first-order chi connectivity index (χ1) is 10.9. The highest BCUT2D eigenvalue weighted by molar-refractivity contribution is 6.08. The molecule has 1 saturated heterocycles. The molecule has 0 bridgehead atoms. The number of carbonyl (C=O) groups excluding carboxylic acids is 4. The van der Waals surface area contributed by atoms with Crippen molar-refractivity contribution in [2.45, 2.75) is 72.2 Å². The molecule has 1 heterocycles. The fourth-order valence-corrected chi connectivity index (χ4v) is 2.69. The Hall–Kier alpha value is -2.12. The van der Waals surface area contributed by atoms with Crippen LogP contribution in [0.5, 0.6) is 0 Å². The molecule has 0 spiro atoms. The quantitative estimate of drug-likeness (QED) is 0.572. The maximum absolute atomic E-state index is 12.4. The fraction of sp³-hybridized carbons (Fsp3) is 0.750. The van der Waals surface area contributed by atoms with Crippen LogP contribution in [0.25, 0.3) is 0 Å². The van der Waals surface area contributed by atoms with Crippen molar-refractivity contribution in [1.29, 1.82) is 0 Å². The normalized spacial score (nSPS) is 18.0. The van der Waals surface area contributed by atoms with Gasteiger partial charge in [0.15, 0.2) is 6.10 Å². The minimum Gasteiger partial charge on any atom is -0.451 e. The summed E-state index contributed by atoms with van der Waals surface area (Å²) in [6.45, 7) is 11.6. The van der Waals surface area contributed by atoms with Crippen LogP contribution >= 0.6 is 0 Å². The third kappa shape index (κ3) is 4.24. The van der Waals surface area contributed by atoms with E-state index in [0.717, 1.165) is 4.90 Å². The summed E-state index contributed by atoms with van der Waals surface area (Å²) in [6, 6.07) is -0.720. The predicted octanol–water partition coefficient (Wildman–Crippen LogP) is 0.894. The van der Waals surface area contributed by atoms with Crippen molar-refractivity contribution in [3.05, 3.63) is 0 Å². The zero-order chi connectivity index (χ0) is 18.8. The van der Waals surface area contributed by atoms with Crippen LogP contribution < -0.4 is 5.32 Å². The zero-order valence-electron chi connectivity index (χ0n) is 15.4. The first-order valence-electron chi connectivity index (χ1n) is 8.04. The van der Waals surface area contributed by atoms with E-state index in [2.05, 4.69) is 5.32 Å². The van der Waals surface area contributed by atoms with Gasteiger partial charge in [0.05, 0.1) is 0 Å². The van der Waals surface area contributed by atoms with Gasteiger partial charge in [0.2, 0.25) is 0 Å². The Morgan fingerprint density at radius 2 is 1.62 bits per heavy atom. The minimum absolute atomic E-state index is 0.0367. The Kier molecular flexibility index (Phi) is 5.97. The van der Waals surface area contributed by atoms with Crippen LogP contribution in [0.3, 0.4) is 0 Å². The third-order valence-corrected chi connectivity index (χ3v) is 3.75. The Morgan fingerprint density at radius 1 is 1.12 bits per heavy atom. The number of imide groups is 1. The molecule has 1 aliphatic rings. The lowest BCUT2D eigenvalue weighted by atomic mass is 10.1. The SMILES string of the molecule is CC(OC(=O)CN1C(=O)NC(C)(C)C1=O)C(=O)N(C(C)C)C(C)C. The van der Waals surface area contributed by atoms with Crippen LogP contribution in [0.15, 0.2) is 0 Å². The zero-order valence-corrected chi connectivity index (χ0v) is 15.4. The molecule has 1 aliphatic heterocycles. The van der Waals surface area contributed by atoms with Crippen molar-refractivity contribution in [2.24, 2.45) is 0 Å². The Morgan fingerprint density at radius 3 is 2.00 bits per heavy atom. The lowest BCUT2D eigenvalue weighted by molar-refractivity contribution is -0.162. The molecular formula is C16H27N3O5. The average Bonchev–Trinajstić information content (AvgIpc) is 2.59. The van der Waals surface area contributed by atoms with E-state index >= 15 is 0 Å². The molecule has 0 aliphatic carbocycles. The van der Waals surface area contributed by atoms with Crippen LogP contribution in [0.1, 0.15) is 48.5 Å². The van der Waals surface area contributed by atoms with E-state index in [0.29, 0.717) is 0 Å². The number of hydrogen-bond donors (Lipinski definition) is 1. The van der Waals surface area contributed by atoms with Gasteiger partial charge in [0, 0.05) is 12.1 Å². The van der Waals surface area contributed by atoms with Gasteiger partial charge in [0.1, 0.15) is 12.1 Å². The number of carbonyl (C=O) groups is 4. The highest BCUT2D eigenvalue weighted by Gasteiger charge is 2.45. The van der Waals surface area contributed by atoms with Crippen LogP contribution in [0.4, 0.5) is 4.79 Å². The van der Waals surface area contributed by atoms with Crippen LogP contribution in [0, 0.1) is 0 Å². The standard InChI is InChI=1S/C16H27N3O5/c1-9(2)19(10(3)4)13(21)11(5)24-12(20)8-18-14(22)16(6,7)17-15(18)23/h9-11H,8H2,1-7H3,(H,17,23). The van der Waals surface area contributed by atoms with E-state index in [1.54, 1.807) is 18.7 Å². The predicted molar refractivity (Wildman–Crippen MR) is 87.0 cm³/mol. The molecule has 0 saturated carbocycles.